The minimum Gasteiger partial charge on any atom is -0.199 e. The van der Waals surface area contributed by atoms with Gasteiger partial charge in [0.1, 0.15) is 0 Å². The minimum absolute atomic E-state index is 0.324. The quantitative estimate of drug-likeness (QED) is 0.0543. The van der Waals surface area contributed by atoms with E-state index in [4.69, 9.17) is 10.5 Å². The molecular weight excluding hydrogens is 558 g/mol. The van der Waals surface area contributed by atoms with Crippen LogP contribution in [0.5, 0.6) is 0 Å². The lowest BCUT2D eigenvalue weighted by Crippen LogP contribution is -2.02. The van der Waals surface area contributed by atoms with Crippen molar-refractivity contribution in [3.8, 4) is 12.1 Å². The zero-order valence-corrected chi connectivity index (χ0v) is 32.5. The average molecular weight is 639 g/mol. The Labute approximate surface area is 276 Å². The summed E-state index contributed by atoms with van der Waals surface area (Å²) >= 11 is 0. The Balaban J connectivity index is -0.00000244. The molecule has 0 aliphatic carbocycles. The molecule has 0 heterocycles. The van der Waals surface area contributed by atoms with Gasteiger partial charge in [0, 0.05) is 13.8 Å². The molecule has 0 fully saturated rings. The fourth-order valence-corrected chi connectivity index (χ4v) is 11.1. The highest BCUT2D eigenvalue weighted by Gasteiger charge is 2.12. The van der Waals surface area contributed by atoms with Gasteiger partial charge < -0.3 is 0 Å². The fraction of sp³-hybridized carbons (Fsp3) is 0.949. The van der Waals surface area contributed by atoms with Crippen molar-refractivity contribution in [1.29, 1.82) is 10.5 Å². The molecular formula is C39H80N2P2. The summed E-state index contributed by atoms with van der Waals surface area (Å²) in [6, 6.07) is 3.50. The maximum atomic E-state index is 7.32. The van der Waals surface area contributed by atoms with Gasteiger partial charge in [-0.3, -0.25) is 0 Å². The van der Waals surface area contributed by atoms with Crippen molar-refractivity contribution in [3.05, 3.63) is 0 Å². The largest absolute Gasteiger partial charge is 0.199 e. The van der Waals surface area contributed by atoms with Crippen LogP contribution < -0.4 is 0 Å². The molecule has 0 aromatic heterocycles. The monoisotopic (exact) mass is 639 g/mol. The lowest BCUT2D eigenvalue weighted by molar-refractivity contribution is 0.621. The Morgan fingerprint density at radius 3 is 0.674 bits per heavy atom. The van der Waals surface area contributed by atoms with Crippen LogP contribution in [0.15, 0.2) is 0 Å². The van der Waals surface area contributed by atoms with Crippen LogP contribution >= 0.6 is 15.8 Å². The molecule has 2 nitrogen and oxygen atoms in total. The molecule has 43 heavy (non-hydrogen) atoms. The lowest BCUT2D eigenvalue weighted by atomic mass is 10.1. The molecule has 0 unspecified atom stereocenters. The summed E-state index contributed by atoms with van der Waals surface area (Å²) in [5.74, 6) is 0. The van der Waals surface area contributed by atoms with Crippen molar-refractivity contribution in [2.24, 2.45) is 0 Å². The zero-order chi connectivity index (χ0) is 32.5. The maximum absolute atomic E-state index is 7.32. The lowest BCUT2D eigenvalue weighted by Gasteiger charge is -2.22. The Morgan fingerprint density at radius 1 is 0.302 bits per heavy atom. The van der Waals surface area contributed by atoms with Gasteiger partial charge >= 0.3 is 0 Å². The van der Waals surface area contributed by atoms with Crippen LogP contribution in [-0.4, -0.2) is 37.0 Å². The summed E-state index contributed by atoms with van der Waals surface area (Å²) in [6.07, 6.45) is 46.6. The van der Waals surface area contributed by atoms with Crippen molar-refractivity contribution in [1.82, 2.24) is 0 Å². The highest BCUT2D eigenvalue weighted by molar-refractivity contribution is 7.58. The molecule has 0 bridgehead atoms. The number of hydrogen-bond donors (Lipinski definition) is 0. The van der Waals surface area contributed by atoms with Gasteiger partial charge in [0.15, 0.2) is 0 Å². The summed E-state index contributed by atoms with van der Waals surface area (Å²) in [7, 11) is 0.648. The van der Waals surface area contributed by atoms with Gasteiger partial charge in [-0.25, -0.2) is 0 Å². The second-order valence-corrected chi connectivity index (χ2v) is 17.9. The van der Waals surface area contributed by atoms with E-state index in [9.17, 15) is 0 Å². The van der Waals surface area contributed by atoms with Gasteiger partial charge in [-0.2, -0.15) is 10.5 Å². The number of unbranched alkanes of at least 4 members (excludes halogenated alkanes) is 20. The normalized spacial score (nSPS) is 10.6. The Bertz CT molecular complexity index is 474. The highest BCUT2D eigenvalue weighted by atomic mass is 31.1. The van der Waals surface area contributed by atoms with Crippen LogP contribution in [-0.2, 0) is 0 Å². The van der Waals surface area contributed by atoms with Gasteiger partial charge in [0.2, 0.25) is 0 Å². The molecule has 0 aliphatic heterocycles. The second kappa shape index (κ2) is 46.3. The second-order valence-electron chi connectivity index (χ2n) is 12.6. The van der Waals surface area contributed by atoms with E-state index in [1.165, 1.54) is 168 Å². The van der Waals surface area contributed by atoms with E-state index in [2.05, 4.69) is 27.7 Å². The molecule has 0 N–H and O–H groups in total. The SMILES string of the molecule is CC#N.CC#N.CCCCCCCCP(CCCCCCCC)CCCP(CCCCCCCC)CCCCCCCC. The van der Waals surface area contributed by atoms with Crippen molar-refractivity contribution >= 4 is 15.8 Å². The molecule has 0 aliphatic rings. The van der Waals surface area contributed by atoms with Crippen LogP contribution in [0.2, 0.25) is 0 Å². The first-order chi connectivity index (χ1) is 21.1. The zero-order valence-electron chi connectivity index (χ0n) is 30.7. The smallest absolute Gasteiger partial charge is 0.0587 e. The van der Waals surface area contributed by atoms with E-state index in [0.717, 1.165) is 0 Å². The topological polar surface area (TPSA) is 47.6 Å². The summed E-state index contributed by atoms with van der Waals surface area (Å²) in [5.41, 5.74) is 0. The van der Waals surface area contributed by atoms with Crippen LogP contribution in [0.1, 0.15) is 202 Å². The van der Waals surface area contributed by atoms with Crippen molar-refractivity contribution in [2.75, 3.05) is 37.0 Å². The first-order valence-corrected chi connectivity index (χ1v) is 23.0. The van der Waals surface area contributed by atoms with E-state index >= 15 is 0 Å². The Morgan fingerprint density at radius 2 is 0.465 bits per heavy atom. The Kier molecular flexibility index (Phi) is 50.8. The van der Waals surface area contributed by atoms with Crippen LogP contribution in [0.25, 0.3) is 0 Å². The third-order valence-electron chi connectivity index (χ3n) is 8.26. The predicted molar refractivity (Wildman–Crippen MR) is 204 cm³/mol. The van der Waals surface area contributed by atoms with Gasteiger partial charge in [-0.15, -0.1) is 15.8 Å². The fourth-order valence-electron chi connectivity index (χ4n) is 5.65. The highest BCUT2D eigenvalue weighted by Crippen LogP contribution is 2.43. The standard InChI is InChI=1S/C35H74P2.2C2H3N/c1-5-9-13-17-21-25-30-36(31-26-22-18-14-10-6-2)34-29-35-37(32-27-23-19-15-11-7-3)33-28-24-20-16-12-8-4;2*1-2-3/h5-35H2,1-4H3;2*1H3. The summed E-state index contributed by atoms with van der Waals surface area (Å²) < 4.78 is 0. The molecule has 256 valence electrons. The van der Waals surface area contributed by atoms with E-state index in [1.54, 1.807) is 55.5 Å². The van der Waals surface area contributed by atoms with Crippen molar-refractivity contribution in [3.63, 3.8) is 0 Å². The molecule has 0 aromatic rings. The van der Waals surface area contributed by atoms with Gasteiger partial charge in [-0.1, -0.05) is 156 Å². The van der Waals surface area contributed by atoms with Gasteiger partial charge in [-0.05, 0) is 69.1 Å². The molecule has 0 aromatic carbocycles. The van der Waals surface area contributed by atoms with Crippen LogP contribution in [0.3, 0.4) is 0 Å². The molecule has 0 radical (unpaired) electrons. The van der Waals surface area contributed by atoms with Gasteiger partial charge in [0.05, 0.1) is 12.1 Å². The van der Waals surface area contributed by atoms with Crippen LogP contribution in [0.4, 0.5) is 0 Å². The number of hydrogen-bond acceptors (Lipinski definition) is 2. The molecule has 4 heteroatoms. The first kappa shape index (κ1) is 47.2. The molecule has 0 saturated heterocycles. The van der Waals surface area contributed by atoms with Crippen molar-refractivity contribution < 1.29 is 0 Å². The summed E-state index contributed by atoms with van der Waals surface area (Å²) in [6.45, 7) is 12.2. The molecule has 0 spiro atoms. The van der Waals surface area contributed by atoms with Crippen molar-refractivity contribution in [2.45, 2.75) is 202 Å². The van der Waals surface area contributed by atoms with E-state index in [1.807, 2.05) is 0 Å². The molecule has 0 amide bonds. The van der Waals surface area contributed by atoms with E-state index < -0.39 is 0 Å². The molecule has 0 rings (SSSR count). The third kappa shape index (κ3) is 46.4. The van der Waals surface area contributed by atoms with E-state index in [-0.39, 0.29) is 0 Å². The molecule has 0 saturated carbocycles. The predicted octanol–water partition coefficient (Wildman–Crippen LogP) is 14.8. The minimum atomic E-state index is 0.324. The molecule has 0 atom stereocenters. The van der Waals surface area contributed by atoms with Gasteiger partial charge in [0.25, 0.3) is 0 Å². The summed E-state index contributed by atoms with van der Waals surface area (Å²) in [4.78, 5) is 0. The van der Waals surface area contributed by atoms with E-state index in [0.29, 0.717) is 15.8 Å². The average Bonchev–Trinajstić information content (AvgIpc) is 3.00. The first-order valence-electron chi connectivity index (χ1n) is 19.2. The summed E-state index contributed by atoms with van der Waals surface area (Å²) in [5, 5.41) is 14.6. The Hall–Kier alpha value is -0.160. The number of nitriles is 2. The third-order valence-corrected chi connectivity index (χ3v) is 14.0. The number of rotatable bonds is 32. The van der Waals surface area contributed by atoms with Crippen LogP contribution in [0, 0.1) is 22.7 Å². The maximum Gasteiger partial charge on any atom is 0.0587 e. The number of nitrogens with zero attached hydrogens (tertiary/aromatic N) is 2.